The number of nitrogens with zero attached hydrogens (tertiary/aromatic N) is 2. The number of nitrogens with one attached hydrogen (secondary N) is 2. The Hall–Kier alpha value is -2.55. The SMILES string of the molecule is COCCn1c(SCC(=O)Nc2ccc(NC(C)=O)cc2)nc2cc(Cl)ccc21. The number of carbonyl (C=O) groups excluding carboxylic acids is 2. The Labute approximate surface area is 177 Å². The molecule has 7 nitrogen and oxygen atoms in total. The highest BCUT2D eigenvalue weighted by Crippen LogP contribution is 2.26. The van der Waals surface area contributed by atoms with Crippen molar-refractivity contribution >= 4 is 57.6 Å². The molecule has 0 unspecified atom stereocenters. The van der Waals surface area contributed by atoms with Crippen LogP contribution in [0.1, 0.15) is 6.92 Å². The summed E-state index contributed by atoms with van der Waals surface area (Å²) in [7, 11) is 1.65. The van der Waals surface area contributed by atoms with E-state index in [-0.39, 0.29) is 17.6 Å². The molecule has 0 radical (unpaired) electrons. The van der Waals surface area contributed by atoms with Crippen LogP contribution in [0.3, 0.4) is 0 Å². The first-order valence-corrected chi connectivity index (χ1v) is 10.3. The van der Waals surface area contributed by atoms with E-state index >= 15 is 0 Å². The second-order valence-corrected chi connectivity index (χ2v) is 7.65. The van der Waals surface area contributed by atoms with Gasteiger partial charge in [0, 0.05) is 37.0 Å². The number of halogens is 1. The Balaban J connectivity index is 1.66. The number of imidazole rings is 1. The first-order valence-electron chi connectivity index (χ1n) is 8.91. The fraction of sp³-hybridized carbons (Fsp3) is 0.250. The van der Waals surface area contributed by atoms with Crippen LogP contribution in [0, 0.1) is 0 Å². The minimum absolute atomic E-state index is 0.143. The summed E-state index contributed by atoms with van der Waals surface area (Å²) in [6.07, 6.45) is 0. The number of benzene rings is 2. The number of hydrogen-bond donors (Lipinski definition) is 2. The predicted octanol–water partition coefficient (Wildman–Crippen LogP) is 4.03. The van der Waals surface area contributed by atoms with Crippen LogP contribution in [0.2, 0.25) is 5.02 Å². The summed E-state index contributed by atoms with van der Waals surface area (Å²) in [5.74, 6) is -0.0844. The molecule has 9 heteroatoms. The fourth-order valence-electron chi connectivity index (χ4n) is 2.76. The van der Waals surface area contributed by atoms with Crippen molar-refractivity contribution in [2.24, 2.45) is 0 Å². The van der Waals surface area contributed by atoms with Crippen molar-refractivity contribution in [2.45, 2.75) is 18.6 Å². The molecule has 1 aromatic heterocycles. The molecule has 0 saturated heterocycles. The van der Waals surface area contributed by atoms with Crippen molar-refractivity contribution in [1.29, 1.82) is 0 Å². The van der Waals surface area contributed by atoms with Gasteiger partial charge in [-0.05, 0) is 42.5 Å². The maximum absolute atomic E-state index is 12.4. The summed E-state index contributed by atoms with van der Waals surface area (Å²) in [6.45, 7) is 2.61. The predicted molar refractivity (Wildman–Crippen MR) is 117 cm³/mol. The first kappa shape index (κ1) is 21.2. The van der Waals surface area contributed by atoms with E-state index in [9.17, 15) is 9.59 Å². The van der Waals surface area contributed by atoms with Gasteiger partial charge in [0.05, 0.1) is 23.4 Å². The monoisotopic (exact) mass is 432 g/mol. The average molecular weight is 433 g/mol. The van der Waals surface area contributed by atoms with Crippen molar-refractivity contribution in [3.8, 4) is 0 Å². The molecule has 2 N–H and O–H groups in total. The Kier molecular flexibility index (Phi) is 7.13. The number of thioether (sulfide) groups is 1. The molecule has 3 aromatic rings. The van der Waals surface area contributed by atoms with Gasteiger partial charge in [0.15, 0.2) is 5.16 Å². The molecule has 0 spiro atoms. The molecule has 2 aromatic carbocycles. The fourth-order valence-corrected chi connectivity index (χ4v) is 3.76. The summed E-state index contributed by atoms with van der Waals surface area (Å²) < 4.78 is 7.21. The van der Waals surface area contributed by atoms with Gasteiger partial charge in [-0.3, -0.25) is 9.59 Å². The third kappa shape index (κ3) is 5.72. The number of carbonyl (C=O) groups is 2. The van der Waals surface area contributed by atoms with Gasteiger partial charge < -0.3 is 19.9 Å². The summed E-state index contributed by atoms with van der Waals surface area (Å²) in [6, 6.07) is 12.5. The molecule has 0 bridgehead atoms. The Bertz CT molecular complexity index is 1020. The van der Waals surface area contributed by atoms with Crippen LogP contribution in [0.15, 0.2) is 47.6 Å². The summed E-state index contributed by atoms with van der Waals surface area (Å²) >= 11 is 7.43. The zero-order chi connectivity index (χ0) is 20.8. The second kappa shape index (κ2) is 9.78. The van der Waals surface area contributed by atoms with Crippen LogP contribution in [-0.2, 0) is 20.9 Å². The molecule has 0 saturated carbocycles. The maximum Gasteiger partial charge on any atom is 0.234 e. The highest BCUT2D eigenvalue weighted by molar-refractivity contribution is 7.99. The van der Waals surface area contributed by atoms with E-state index in [4.69, 9.17) is 16.3 Å². The molecule has 0 aliphatic carbocycles. The van der Waals surface area contributed by atoms with Gasteiger partial charge in [-0.2, -0.15) is 0 Å². The molecule has 0 aliphatic rings. The van der Waals surface area contributed by atoms with Crippen LogP contribution in [0.25, 0.3) is 11.0 Å². The lowest BCUT2D eigenvalue weighted by atomic mass is 10.3. The molecule has 152 valence electrons. The maximum atomic E-state index is 12.4. The molecule has 0 fully saturated rings. The highest BCUT2D eigenvalue weighted by atomic mass is 35.5. The molecule has 29 heavy (non-hydrogen) atoms. The van der Waals surface area contributed by atoms with Crippen LogP contribution < -0.4 is 10.6 Å². The zero-order valence-electron chi connectivity index (χ0n) is 16.1. The van der Waals surface area contributed by atoms with Gasteiger partial charge in [-0.1, -0.05) is 23.4 Å². The van der Waals surface area contributed by atoms with Gasteiger partial charge in [0.2, 0.25) is 11.8 Å². The lowest BCUT2D eigenvalue weighted by Gasteiger charge is -2.09. The molecule has 0 aliphatic heterocycles. The second-order valence-electron chi connectivity index (χ2n) is 6.27. The van der Waals surface area contributed by atoms with Crippen molar-refractivity contribution < 1.29 is 14.3 Å². The summed E-state index contributed by atoms with van der Waals surface area (Å²) in [5.41, 5.74) is 3.06. The smallest absolute Gasteiger partial charge is 0.234 e. The van der Waals surface area contributed by atoms with Gasteiger partial charge in [-0.15, -0.1) is 0 Å². The topological polar surface area (TPSA) is 85.2 Å². The number of hydrogen-bond acceptors (Lipinski definition) is 5. The third-order valence-electron chi connectivity index (χ3n) is 4.02. The number of aromatic nitrogens is 2. The van der Waals surface area contributed by atoms with E-state index in [1.807, 2.05) is 16.7 Å². The van der Waals surface area contributed by atoms with Crippen LogP contribution in [0.5, 0.6) is 0 Å². The van der Waals surface area contributed by atoms with Crippen molar-refractivity contribution in [3.05, 3.63) is 47.5 Å². The molecule has 0 atom stereocenters. The number of anilines is 2. The van der Waals surface area contributed by atoms with Gasteiger partial charge in [0.25, 0.3) is 0 Å². The molecule has 2 amide bonds. The quantitative estimate of drug-likeness (QED) is 0.525. The molecular weight excluding hydrogens is 412 g/mol. The van der Waals surface area contributed by atoms with Gasteiger partial charge >= 0.3 is 0 Å². The van der Waals surface area contributed by atoms with Crippen LogP contribution >= 0.6 is 23.4 Å². The number of ether oxygens (including phenoxy) is 1. The van der Waals surface area contributed by atoms with E-state index in [1.54, 1.807) is 37.4 Å². The number of amides is 2. The molecular formula is C20H21ClN4O3S. The summed E-state index contributed by atoms with van der Waals surface area (Å²) in [5, 5.41) is 6.88. The minimum Gasteiger partial charge on any atom is -0.383 e. The van der Waals surface area contributed by atoms with Crippen molar-refractivity contribution in [3.63, 3.8) is 0 Å². The van der Waals surface area contributed by atoms with Crippen LogP contribution in [-0.4, -0.2) is 40.8 Å². The minimum atomic E-state index is -0.148. The first-order chi connectivity index (χ1) is 14.0. The van der Waals surface area contributed by atoms with E-state index in [0.29, 0.717) is 29.5 Å². The Morgan fingerprint density at radius 1 is 1.14 bits per heavy atom. The largest absolute Gasteiger partial charge is 0.383 e. The number of methoxy groups -OCH3 is 1. The van der Waals surface area contributed by atoms with E-state index < -0.39 is 0 Å². The van der Waals surface area contributed by atoms with Gasteiger partial charge in [0.1, 0.15) is 0 Å². The number of fused-ring (bicyclic) bond motifs is 1. The standard InChI is InChI=1S/C20H21ClN4O3S/c1-13(26)22-15-4-6-16(7-5-15)23-19(27)12-29-20-24-17-11-14(21)3-8-18(17)25(20)9-10-28-2/h3-8,11H,9-10,12H2,1-2H3,(H,22,26)(H,23,27). The Morgan fingerprint density at radius 2 is 1.83 bits per heavy atom. The highest BCUT2D eigenvalue weighted by Gasteiger charge is 2.13. The lowest BCUT2D eigenvalue weighted by molar-refractivity contribution is -0.114. The van der Waals surface area contributed by atoms with Crippen molar-refractivity contribution in [1.82, 2.24) is 9.55 Å². The van der Waals surface area contributed by atoms with E-state index in [2.05, 4.69) is 15.6 Å². The molecule has 1 heterocycles. The lowest BCUT2D eigenvalue weighted by Crippen LogP contribution is -2.15. The normalized spacial score (nSPS) is 10.9. The Morgan fingerprint density at radius 3 is 2.48 bits per heavy atom. The van der Waals surface area contributed by atoms with E-state index in [1.165, 1.54) is 18.7 Å². The summed E-state index contributed by atoms with van der Waals surface area (Å²) in [4.78, 5) is 28.0. The van der Waals surface area contributed by atoms with Crippen LogP contribution in [0.4, 0.5) is 11.4 Å². The zero-order valence-corrected chi connectivity index (χ0v) is 17.6. The van der Waals surface area contributed by atoms with Crippen molar-refractivity contribution in [2.75, 3.05) is 30.1 Å². The molecule has 3 rings (SSSR count). The third-order valence-corrected chi connectivity index (χ3v) is 5.23. The number of rotatable bonds is 8. The average Bonchev–Trinajstić information content (AvgIpc) is 3.02. The van der Waals surface area contributed by atoms with E-state index in [0.717, 1.165) is 16.2 Å². The van der Waals surface area contributed by atoms with Gasteiger partial charge in [-0.25, -0.2) is 4.98 Å².